The summed E-state index contributed by atoms with van der Waals surface area (Å²) in [5.74, 6) is -0.228. The van der Waals surface area contributed by atoms with Crippen LogP contribution in [0.4, 0.5) is 10.1 Å². The molecule has 28 heavy (non-hydrogen) atoms. The SMILES string of the molecule is Cc1ccc(Cn2c(-c3ccc(F)cc3)csc2=Nc2ccc(C)cc2)cc1. The molecule has 0 aliphatic heterocycles. The van der Waals surface area contributed by atoms with Crippen LogP contribution in [0.3, 0.4) is 0 Å². The summed E-state index contributed by atoms with van der Waals surface area (Å²) in [4.78, 5) is 5.79. The average molecular weight is 389 g/mol. The first kappa shape index (κ1) is 18.4. The lowest BCUT2D eigenvalue weighted by molar-refractivity contribution is 0.628. The van der Waals surface area contributed by atoms with E-state index in [0.717, 1.165) is 21.7 Å². The first-order chi connectivity index (χ1) is 13.6. The standard InChI is InChI=1S/C24H21FN2S/c1-17-3-7-19(8-4-17)15-27-23(20-9-11-21(25)12-10-20)16-28-24(27)26-22-13-5-18(2)6-14-22/h3-14,16H,15H2,1-2H3. The molecule has 0 spiro atoms. The van der Waals surface area contributed by atoms with Crippen LogP contribution in [0.15, 0.2) is 83.2 Å². The Kier molecular flexibility index (Phi) is 5.22. The number of halogens is 1. The minimum absolute atomic E-state index is 0.228. The molecule has 0 amide bonds. The third kappa shape index (κ3) is 4.12. The van der Waals surface area contributed by atoms with Gasteiger partial charge in [-0.15, -0.1) is 11.3 Å². The number of aromatic nitrogens is 1. The van der Waals surface area contributed by atoms with E-state index in [2.05, 4.69) is 60.2 Å². The smallest absolute Gasteiger partial charge is 0.190 e. The van der Waals surface area contributed by atoms with Gasteiger partial charge in [0.05, 0.1) is 17.9 Å². The van der Waals surface area contributed by atoms with Crippen molar-refractivity contribution in [1.29, 1.82) is 0 Å². The van der Waals surface area contributed by atoms with Crippen LogP contribution in [-0.4, -0.2) is 4.57 Å². The maximum Gasteiger partial charge on any atom is 0.190 e. The van der Waals surface area contributed by atoms with E-state index in [1.54, 1.807) is 11.3 Å². The predicted octanol–water partition coefficient (Wildman–Crippen LogP) is 6.25. The molecule has 0 unspecified atom stereocenters. The molecular formula is C24H21FN2S. The number of aryl methyl sites for hydroxylation is 2. The normalized spacial score (nSPS) is 11.8. The third-order valence-electron chi connectivity index (χ3n) is 4.66. The van der Waals surface area contributed by atoms with Gasteiger partial charge in [-0.2, -0.15) is 0 Å². The minimum Gasteiger partial charge on any atom is -0.312 e. The molecule has 2 nitrogen and oxygen atoms in total. The van der Waals surface area contributed by atoms with E-state index in [4.69, 9.17) is 4.99 Å². The van der Waals surface area contributed by atoms with E-state index in [9.17, 15) is 4.39 Å². The van der Waals surface area contributed by atoms with Crippen molar-refractivity contribution in [2.45, 2.75) is 20.4 Å². The molecule has 0 bridgehead atoms. The highest BCUT2D eigenvalue weighted by atomic mass is 32.1. The molecule has 1 heterocycles. The van der Waals surface area contributed by atoms with Crippen molar-refractivity contribution in [2.24, 2.45) is 4.99 Å². The van der Waals surface area contributed by atoms with Gasteiger partial charge in [0, 0.05) is 5.38 Å². The molecule has 4 rings (SSSR count). The first-order valence-electron chi connectivity index (χ1n) is 9.20. The minimum atomic E-state index is -0.228. The lowest BCUT2D eigenvalue weighted by atomic mass is 10.1. The summed E-state index contributed by atoms with van der Waals surface area (Å²) in [6.07, 6.45) is 0. The molecule has 0 saturated carbocycles. The number of hydrogen-bond acceptors (Lipinski definition) is 2. The van der Waals surface area contributed by atoms with Gasteiger partial charge in [-0.1, -0.05) is 47.5 Å². The molecule has 0 aliphatic carbocycles. The van der Waals surface area contributed by atoms with Crippen LogP contribution in [0.2, 0.25) is 0 Å². The van der Waals surface area contributed by atoms with Crippen molar-refractivity contribution >= 4 is 17.0 Å². The lowest BCUT2D eigenvalue weighted by Gasteiger charge is -2.10. The molecule has 1 aromatic heterocycles. The van der Waals surface area contributed by atoms with Crippen LogP contribution in [0, 0.1) is 19.7 Å². The summed E-state index contributed by atoms with van der Waals surface area (Å²) >= 11 is 1.60. The monoisotopic (exact) mass is 388 g/mol. The summed E-state index contributed by atoms with van der Waals surface area (Å²) < 4.78 is 15.6. The van der Waals surface area contributed by atoms with Crippen LogP contribution in [-0.2, 0) is 6.54 Å². The fourth-order valence-corrected chi connectivity index (χ4v) is 3.96. The maximum atomic E-state index is 13.4. The van der Waals surface area contributed by atoms with Gasteiger partial charge >= 0.3 is 0 Å². The van der Waals surface area contributed by atoms with E-state index in [1.807, 2.05) is 24.3 Å². The quantitative estimate of drug-likeness (QED) is 0.393. The van der Waals surface area contributed by atoms with Crippen LogP contribution in [0.25, 0.3) is 11.3 Å². The second-order valence-electron chi connectivity index (χ2n) is 6.93. The Morgan fingerprint density at radius 3 is 2.07 bits per heavy atom. The predicted molar refractivity (Wildman–Crippen MR) is 114 cm³/mol. The van der Waals surface area contributed by atoms with Crippen molar-refractivity contribution in [3.63, 3.8) is 0 Å². The second kappa shape index (κ2) is 7.95. The molecule has 0 saturated heterocycles. The Labute approximate surface area is 168 Å². The van der Waals surface area contributed by atoms with E-state index >= 15 is 0 Å². The van der Waals surface area contributed by atoms with Gasteiger partial charge in [-0.3, -0.25) is 0 Å². The van der Waals surface area contributed by atoms with Crippen LogP contribution < -0.4 is 4.80 Å². The topological polar surface area (TPSA) is 17.3 Å². The van der Waals surface area contributed by atoms with Crippen LogP contribution in [0.5, 0.6) is 0 Å². The van der Waals surface area contributed by atoms with Gasteiger partial charge in [0.2, 0.25) is 0 Å². The van der Waals surface area contributed by atoms with Crippen LogP contribution in [0.1, 0.15) is 16.7 Å². The van der Waals surface area contributed by atoms with Crippen molar-refractivity contribution in [1.82, 2.24) is 4.57 Å². The van der Waals surface area contributed by atoms with E-state index in [-0.39, 0.29) is 5.82 Å². The molecule has 0 fully saturated rings. The van der Waals surface area contributed by atoms with Crippen molar-refractivity contribution in [3.8, 4) is 11.3 Å². The van der Waals surface area contributed by atoms with Gasteiger partial charge in [-0.25, -0.2) is 9.38 Å². The Morgan fingerprint density at radius 2 is 1.43 bits per heavy atom. The molecule has 3 aromatic carbocycles. The second-order valence-corrected chi connectivity index (χ2v) is 7.77. The number of thiazole rings is 1. The van der Waals surface area contributed by atoms with Crippen molar-refractivity contribution < 1.29 is 4.39 Å². The number of nitrogens with zero attached hydrogens (tertiary/aromatic N) is 2. The largest absolute Gasteiger partial charge is 0.312 e. The van der Waals surface area contributed by atoms with Crippen molar-refractivity contribution in [3.05, 3.63) is 105 Å². The van der Waals surface area contributed by atoms with E-state index in [1.165, 1.54) is 28.8 Å². The van der Waals surface area contributed by atoms with Gasteiger partial charge < -0.3 is 4.57 Å². The highest BCUT2D eigenvalue weighted by molar-refractivity contribution is 7.07. The number of hydrogen-bond donors (Lipinski definition) is 0. The van der Waals surface area contributed by atoms with Gasteiger partial charge in [0.15, 0.2) is 4.80 Å². The Bertz CT molecular complexity index is 1140. The summed E-state index contributed by atoms with van der Waals surface area (Å²) in [6.45, 7) is 4.87. The van der Waals surface area contributed by atoms with Crippen LogP contribution >= 0.6 is 11.3 Å². The summed E-state index contributed by atoms with van der Waals surface area (Å²) in [7, 11) is 0. The molecule has 4 aromatic rings. The zero-order chi connectivity index (χ0) is 19.5. The van der Waals surface area contributed by atoms with Gasteiger partial charge in [0.1, 0.15) is 5.82 Å². The van der Waals surface area contributed by atoms with Gasteiger partial charge in [0.25, 0.3) is 0 Å². The van der Waals surface area contributed by atoms with E-state index < -0.39 is 0 Å². The Hall–Kier alpha value is -2.98. The number of benzene rings is 3. The summed E-state index contributed by atoms with van der Waals surface area (Å²) in [5.41, 5.74) is 6.60. The third-order valence-corrected chi connectivity index (χ3v) is 5.52. The molecule has 4 heteroatoms. The molecular weight excluding hydrogens is 367 g/mol. The zero-order valence-electron chi connectivity index (χ0n) is 15.9. The highest BCUT2D eigenvalue weighted by Gasteiger charge is 2.09. The zero-order valence-corrected chi connectivity index (χ0v) is 16.7. The Morgan fingerprint density at radius 1 is 0.821 bits per heavy atom. The average Bonchev–Trinajstić information content (AvgIpc) is 3.08. The molecule has 0 N–H and O–H groups in total. The molecule has 140 valence electrons. The fourth-order valence-electron chi connectivity index (χ4n) is 3.03. The van der Waals surface area contributed by atoms with Crippen molar-refractivity contribution in [2.75, 3.05) is 0 Å². The Balaban J connectivity index is 1.82. The maximum absolute atomic E-state index is 13.4. The molecule has 0 radical (unpaired) electrons. The molecule has 0 aliphatic rings. The fraction of sp³-hybridized carbons (Fsp3) is 0.125. The molecule has 0 atom stereocenters. The van der Waals surface area contributed by atoms with Gasteiger partial charge in [-0.05, 0) is 61.4 Å². The first-order valence-corrected chi connectivity index (χ1v) is 10.1. The van der Waals surface area contributed by atoms with E-state index in [0.29, 0.717) is 6.54 Å². The number of rotatable bonds is 4. The summed E-state index contributed by atoms with van der Waals surface area (Å²) in [5, 5.41) is 2.09. The lowest BCUT2D eigenvalue weighted by Crippen LogP contribution is -2.16. The summed E-state index contributed by atoms with van der Waals surface area (Å²) in [6, 6.07) is 23.4. The highest BCUT2D eigenvalue weighted by Crippen LogP contribution is 2.22.